The third kappa shape index (κ3) is 9.10. The molecule has 2 atom stereocenters. The summed E-state index contributed by atoms with van der Waals surface area (Å²) in [6.45, 7) is 12.6. The molecule has 10 heteroatoms. The number of morpholine rings is 1. The predicted molar refractivity (Wildman–Crippen MR) is 115 cm³/mol. The van der Waals surface area contributed by atoms with E-state index in [1.165, 1.54) is 0 Å². The molecule has 1 amide bonds. The number of nitrogens with one attached hydrogen (secondary N) is 1. The van der Waals surface area contributed by atoms with Gasteiger partial charge in [-0.15, -0.1) is 0 Å². The zero-order valence-corrected chi connectivity index (χ0v) is 19.1. The van der Waals surface area contributed by atoms with E-state index >= 15 is 0 Å². The minimum absolute atomic E-state index is 0.0631. The lowest BCUT2D eigenvalue weighted by Crippen LogP contribution is -2.58. The molecule has 3 aliphatic rings. The monoisotopic (exact) mass is 445 g/mol. The van der Waals surface area contributed by atoms with Gasteiger partial charge >= 0.3 is 0 Å². The first-order chi connectivity index (χ1) is 14.5. The quantitative estimate of drug-likeness (QED) is 0.450. The summed E-state index contributed by atoms with van der Waals surface area (Å²) in [7, 11) is 0. The van der Waals surface area contributed by atoms with E-state index in [0.717, 1.165) is 39.1 Å². The molecule has 31 heavy (non-hydrogen) atoms. The second-order valence-electron chi connectivity index (χ2n) is 9.66. The number of aliphatic hydroxyl groups excluding tert-OH is 1. The van der Waals surface area contributed by atoms with E-state index in [0.29, 0.717) is 25.4 Å². The summed E-state index contributed by atoms with van der Waals surface area (Å²) >= 11 is 0. The summed E-state index contributed by atoms with van der Waals surface area (Å²) in [6.07, 6.45) is 2.19. The number of nitrogens with zero attached hydrogens (tertiary/aromatic N) is 2. The molecule has 0 saturated carbocycles. The molecule has 0 aromatic rings. The number of carboxylic acid groups (broad SMARTS) is 2. The van der Waals surface area contributed by atoms with Crippen molar-refractivity contribution >= 4 is 18.9 Å². The number of rotatable bonds is 3. The van der Waals surface area contributed by atoms with Crippen LogP contribution in [-0.4, -0.2) is 107 Å². The number of piperidine rings is 1. The molecule has 3 saturated heterocycles. The molecule has 0 spiro atoms. The third-order valence-corrected chi connectivity index (χ3v) is 5.86. The topological polar surface area (TPSA) is 140 Å². The van der Waals surface area contributed by atoms with Crippen molar-refractivity contribution in [1.82, 2.24) is 15.1 Å². The molecule has 3 aliphatic heterocycles. The van der Waals surface area contributed by atoms with Crippen molar-refractivity contribution in [3.05, 3.63) is 0 Å². The Bertz CT molecular complexity index is 557. The highest BCUT2D eigenvalue weighted by atomic mass is 16.5. The number of hydrogen-bond donors (Lipinski definition) is 4. The van der Waals surface area contributed by atoms with Crippen LogP contribution in [-0.2, 0) is 19.1 Å². The maximum atomic E-state index is 12.9. The zero-order valence-electron chi connectivity index (χ0n) is 19.1. The van der Waals surface area contributed by atoms with Gasteiger partial charge < -0.3 is 30.3 Å². The number of hydrogen-bond acceptors (Lipinski definition) is 7. The summed E-state index contributed by atoms with van der Waals surface area (Å²) in [5, 5.41) is 27.9. The van der Waals surface area contributed by atoms with Crippen LogP contribution in [0.15, 0.2) is 0 Å². The van der Waals surface area contributed by atoms with Crippen LogP contribution in [0.1, 0.15) is 47.0 Å². The van der Waals surface area contributed by atoms with E-state index in [-0.39, 0.29) is 36.0 Å². The van der Waals surface area contributed by atoms with E-state index in [1.54, 1.807) is 0 Å². The Hall–Kier alpha value is -1.75. The molecule has 180 valence electrons. The Morgan fingerprint density at radius 2 is 1.52 bits per heavy atom. The first kappa shape index (κ1) is 27.3. The lowest BCUT2D eigenvalue weighted by atomic mass is 9.74. The molecule has 3 heterocycles. The Morgan fingerprint density at radius 1 is 1.03 bits per heavy atom. The van der Waals surface area contributed by atoms with E-state index in [1.807, 2.05) is 4.90 Å². The highest BCUT2D eigenvalue weighted by Crippen LogP contribution is 2.35. The fourth-order valence-electron chi connectivity index (χ4n) is 5.30. The van der Waals surface area contributed by atoms with Crippen molar-refractivity contribution in [2.45, 2.75) is 70.2 Å². The Kier molecular flexibility index (Phi) is 10.9. The Morgan fingerprint density at radius 3 is 2.00 bits per heavy atom. The van der Waals surface area contributed by atoms with Crippen molar-refractivity contribution < 1.29 is 34.4 Å². The third-order valence-electron chi connectivity index (χ3n) is 5.86. The molecule has 3 fully saturated rings. The largest absolute Gasteiger partial charge is 0.483 e. The van der Waals surface area contributed by atoms with Crippen molar-refractivity contribution in [2.24, 2.45) is 5.92 Å². The molecule has 0 unspecified atom stereocenters. The highest BCUT2D eigenvalue weighted by Gasteiger charge is 2.41. The van der Waals surface area contributed by atoms with E-state index < -0.39 is 6.10 Å². The van der Waals surface area contributed by atoms with E-state index in [9.17, 15) is 9.90 Å². The fourth-order valence-corrected chi connectivity index (χ4v) is 5.30. The minimum Gasteiger partial charge on any atom is -0.483 e. The SMILES string of the molecule is CC1(C)CC(CC(=O)N2C[C@H](O)[C@@H](N3CCOCC3)C2)CC(C)(C)N1.O=CO.O=CO. The molecular formula is C21H39N3O7. The van der Waals surface area contributed by atoms with Crippen LogP contribution in [0.3, 0.4) is 0 Å². The van der Waals surface area contributed by atoms with Crippen molar-refractivity contribution in [3.63, 3.8) is 0 Å². The Labute approximate surface area is 184 Å². The van der Waals surface area contributed by atoms with Gasteiger partial charge in [-0.1, -0.05) is 0 Å². The van der Waals surface area contributed by atoms with Crippen LogP contribution >= 0.6 is 0 Å². The molecular weight excluding hydrogens is 406 g/mol. The van der Waals surface area contributed by atoms with Gasteiger partial charge in [0.1, 0.15) is 0 Å². The van der Waals surface area contributed by atoms with Gasteiger partial charge in [-0.3, -0.25) is 19.3 Å². The number of aliphatic hydroxyl groups is 1. The van der Waals surface area contributed by atoms with Gasteiger partial charge in [0.25, 0.3) is 12.9 Å². The fraction of sp³-hybridized carbons (Fsp3) is 0.857. The average molecular weight is 446 g/mol. The first-order valence-corrected chi connectivity index (χ1v) is 10.7. The maximum Gasteiger partial charge on any atom is 0.290 e. The van der Waals surface area contributed by atoms with Crippen molar-refractivity contribution in [3.8, 4) is 0 Å². The van der Waals surface area contributed by atoms with Crippen LogP contribution in [0.5, 0.6) is 0 Å². The number of carbonyl (C=O) groups is 3. The van der Waals surface area contributed by atoms with Gasteiger partial charge in [0.15, 0.2) is 0 Å². The van der Waals surface area contributed by atoms with Crippen LogP contribution in [0.25, 0.3) is 0 Å². The summed E-state index contributed by atoms with van der Waals surface area (Å²) < 4.78 is 5.40. The lowest BCUT2D eigenvalue weighted by molar-refractivity contribution is -0.132. The normalized spacial score (nSPS) is 27.8. The van der Waals surface area contributed by atoms with Crippen LogP contribution in [0, 0.1) is 5.92 Å². The molecule has 0 aromatic heterocycles. The molecule has 0 aliphatic carbocycles. The summed E-state index contributed by atoms with van der Waals surface area (Å²) in [4.78, 5) is 33.7. The number of amides is 1. The van der Waals surface area contributed by atoms with E-state index in [4.69, 9.17) is 24.5 Å². The summed E-state index contributed by atoms with van der Waals surface area (Å²) in [5.74, 6) is 0.603. The van der Waals surface area contributed by atoms with Crippen LogP contribution in [0.2, 0.25) is 0 Å². The zero-order chi connectivity index (χ0) is 23.7. The number of likely N-dealkylation sites (tertiary alicyclic amines) is 1. The van der Waals surface area contributed by atoms with Gasteiger partial charge in [0.2, 0.25) is 5.91 Å². The van der Waals surface area contributed by atoms with Crippen molar-refractivity contribution in [1.29, 1.82) is 0 Å². The van der Waals surface area contributed by atoms with Crippen LogP contribution < -0.4 is 5.32 Å². The standard InChI is InChI=1S/C19H35N3O3.2CH2O2/c1-18(2)10-14(11-19(3,4)20-18)9-17(24)22-12-15(16(23)13-22)21-5-7-25-8-6-21;2*2-1-3/h14-16,20,23H,5-13H2,1-4H3;2*1H,(H,2,3)/t15-,16-;;/m0../s1. The number of carbonyl (C=O) groups excluding carboxylic acids is 1. The molecule has 10 nitrogen and oxygen atoms in total. The first-order valence-electron chi connectivity index (χ1n) is 10.7. The molecule has 0 aromatic carbocycles. The maximum absolute atomic E-state index is 12.9. The van der Waals surface area contributed by atoms with Crippen LogP contribution in [0.4, 0.5) is 0 Å². The number of β-amino-alcohol motifs (C(OH)–C–C–N with tert-alkyl or cyclic N) is 1. The van der Waals surface area contributed by atoms with Gasteiger partial charge in [-0.25, -0.2) is 0 Å². The van der Waals surface area contributed by atoms with Crippen molar-refractivity contribution in [2.75, 3.05) is 39.4 Å². The second kappa shape index (κ2) is 12.3. The second-order valence-corrected chi connectivity index (χ2v) is 9.66. The van der Waals surface area contributed by atoms with E-state index in [2.05, 4.69) is 37.9 Å². The van der Waals surface area contributed by atoms with Gasteiger partial charge in [0.05, 0.1) is 25.4 Å². The lowest BCUT2D eigenvalue weighted by Gasteiger charge is -2.46. The molecule has 0 radical (unpaired) electrons. The predicted octanol–water partition coefficient (Wildman–Crippen LogP) is 0.239. The average Bonchev–Trinajstić information content (AvgIpc) is 3.03. The molecule has 0 bridgehead atoms. The minimum atomic E-state index is -0.442. The molecule has 3 rings (SSSR count). The van der Waals surface area contributed by atoms with Gasteiger partial charge in [-0.2, -0.15) is 0 Å². The smallest absolute Gasteiger partial charge is 0.290 e. The summed E-state index contributed by atoms with van der Waals surface area (Å²) in [6, 6.07) is 0.0637. The number of ether oxygens (including phenoxy) is 1. The molecule has 4 N–H and O–H groups in total. The Balaban J connectivity index is 0.000000720. The van der Waals surface area contributed by atoms with Gasteiger partial charge in [0, 0.05) is 43.7 Å². The van der Waals surface area contributed by atoms with Gasteiger partial charge in [-0.05, 0) is 46.5 Å². The summed E-state index contributed by atoms with van der Waals surface area (Å²) in [5.41, 5.74) is 0.126. The highest BCUT2D eigenvalue weighted by molar-refractivity contribution is 5.77.